The van der Waals surface area contributed by atoms with Crippen molar-refractivity contribution >= 4 is 39.8 Å². The van der Waals surface area contributed by atoms with Crippen LogP contribution in [0.25, 0.3) is 0 Å². The molecular formula is C56H62N3NaO14S2. The Morgan fingerprint density at radius 3 is 1.66 bits per heavy atom. The van der Waals surface area contributed by atoms with Gasteiger partial charge in [-0.05, 0) is 143 Å². The molecule has 17 nitrogen and oxygen atoms in total. The number of nitrogens with zero attached hydrogens (tertiary/aromatic N) is 2. The molecule has 1 N–H and O–H groups in total. The first-order valence-corrected chi connectivity index (χ1v) is 26.2. The smallest absolute Gasteiger partial charge is 0.870 e. The van der Waals surface area contributed by atoms with Gasteiger partial charge in [-0.3, -0.25) is 14.8 Å². The molecule has 2 aliphatic rings. The third kappa shape index (κ3) is 18.1. The van der Waals surface area contributed by atoms with Crippen molar-refractivity contribution in [3.05, 3.63) is 160 Å². The van der Waals surface area contributed by atoms with Crippen LogP contribution in [-0.4, -0.2) is 101 Å². The van der Waals surface area contributed by atoms with Crippen LogP contribution in [-0.2, 0) is 62.7 Å². The molecule has 1 amide bonds. The van der Waals surface area contributed by atoms with E-state index in [2.05, 4.69) is 33.4 Å². The third-order valence-corrected chi connectivity index (χ3v) is 12.7. The summed E-state index contributed by atoms with van der Waals surface area (Å²) in [6.07, 6.45) is 4.93. The summed E-state index contributed by atoms with van der Waals surface area (Å²) in [5.74, 6) is 4.15. The quantitative estimate of drug-likeness (QED) is 0.0248. The van der Waals surface area contributed by atoms with E-state index in [1.54, 1.807) is 52.7 Å². The van der Waals surface area contributed by atoms with E-state index >= 15 is 0 Å². The maximum atomic E-state index is 12.2. The second-order valence-corrected chi connectivity index (χ2v) is 18.8. The van der Waals surface area contributed by atoms with Gasteiger partial charge in [0.2, 0.25) is 5.91 Å². The molecule has 0 aliphatic carbocycles. The number of fused-ring (bicyclic) bond motifs is 2. The summed E-state index contributed by atoms with van der Waals surface area (Å²) in [4.78, 5) is 26.0. The second kappa shape index (κ2) is 30.3. The summed E-state index contributed by atoms with van der Waals surface area (Å²) in [7, 11) is 7.20. The van der Waals surface area contributed by atoms with Crippen LogP contribution in [0.1, 0.15) is 44.5 Å². The number of carbonyl (C=O) groups is 1. The molecule has 0 unspecified atom stereocenters. The molecule has 20 heteroatoms. The van der Waals surface area contributed by atoms with Gasteiger partial charge in [-0.15, -0.1) is 4.33 Å². The van der Waals surface area contributed by atoms with Crippen molar-refractivity contribution in [1.82, 2.24) is 5.32 Å². The SMILES string of the molecule is COOSOc1cc(CC2=NCCc3cc(OC)ccc32)ccc1OC.COc1ccc2c(c1)CCN=C2Cc1ccc(OC)c([O-])c1.COc1cccc(CCNC(=O)Cc2ccc(OC)c(OS(C)(=O)=O)c2)c1.[Na+]. The molecule has 76 heavy (non-hydrogen) atoms. The Morgan fingerprint density at radius 1 is 0.592 bits per heavy atom. The minimum Gasteiger partial charge on any atom is -0.870 e. The van der Waals surface area contributed by atoms with Gasteiger partial charge in [-0.25, -0.2) is 4.89 Å². The first-order chi connectivity index (χ1) is 36.3. The number of ether oxygens (including phenoxy) is 6. The van der Waals surface area contributed by atoms with Crippen molar-refractivity contribution in [2.24, 2.45) is 9.98 Å². The minimum atomic E-state index is -3.70. The Kier molecular flexibility index (Phi) is 24.1. The molecule has 0 bridgehead atoms. The molecule has 2 aliphatic heterocycles. The number of hydrogen-bond donors (Lipinski definition) is 1. The fourth-order valence-corrected chi connectivity index (χ4v) is 8.88. The number of rotatable bonds is 21. The maximum absolute atomic E-state index is 12.2. The summed E-state index contributed by atoms with van der Waals surface area (Å²) >= 11 is 0.737. The normalized spacial score (nSPS) is 12.2. The molecule has 8 rings (SSSR count). The average molecular weight is 1090 g/mol. The van der Waals surface area contributed by atoms with Gasteiger partial charge in [-0.1, -0.05) is 42.1 Å². The molecule has 6 aromatic rings. The summed E-state index contributed by atoms with van der Waals surface area (Å²) in [6, 6.07) is 35.7. The van der Waals surface area contributed by atoms with Gasteiger partial charge in [0.25, 0.3) is 12.3 Å². The van der Waals surface area contributed by atoms with Crippen LogP contribution in [0.5, 0.6) is 51.7 Å². The molecule has 0 saturated heterocycles. The van der Waals surface area contributed by atoms with Crippen LogP contribution in [0, 0.1) is 0 Å². The van der Waals surface area contributed by atoms with Gasteiger partial charge in [0.15, 0.2) is 23.0 Å². The summed E-state index contributed by atoms with van der Waals surface area (Å²) < 4.78 is 69.0. The van der Waals surface area contributed by atoms with E-state index in [9.17, 15) is 18.3 Å². The van der Waals surface area contributed by atoms with E-state index in [4.69, 9.17) is 46.1 Å². The number of hydrogen-bond acceptors (Lipinski definition) is 17. The Bertz CT molecular complexity index is 3060. The fraction of sp³-hybridized carbons (Fsp3) is 0.304. The molecule has 0 saturated carbocycles. The number of nitrogens with one attached hydrogen (secondary N) is 1. The van der Waals surface area contributed by atoms with E-state index in [1.165, 1.54) is 44.1 Å². The van der Waals surface area contributed by atoms with Crippen molar-refractivity contribution in [3.63, 3.8) is 0 Å². The first-order valence-electron chi connectivity index (χ1n) is 23.7. The molecule has 398 valence electrons. The van der Waals surface area contributed by atoms with Crippen LogP contribution in [0.3, 0.4) is 0 Å². The first kappa shape index (κ1) is 60.4. The zero-order chi connectivity index (χ0) is 53.7. The number of amides is 1. The minimum absolute atomic E-state index is 0. The number of methoxy groups -OCH3 is 6. The van der Waals surface area contributed by atoms with Crippen molar-refractivity contribution in [2.45, 2.75) is 38.5 Å². The monoisotopic (exact) mass is 1090 g/mol. The van der Waals surface area contributed by atoms with Gasteiger partial charge in [0.1, 0.15) is 23.0 Å². The summed E-state index contributed by atoms with van der Waals surface area (Å²) in [5, 5.41) is 14.7. The molecule has 0 fully saturated rings. The maximum Gasteiger partial charge on any atom is 1.00 e. The zero-order valence-corrected chi connectivity index (χ0v) is 47.9. The Balaban J connectivity index is 0.000000210. The summed E-state index contributed by atoms with van der Waals surface area (Å²) in [5.41, 5.74) is 10.6. The molecular weight excluding hydrogens is 1030 g/mol. The van der Waals surface area contributed by atoms with Crippen molar-refractivity contribution in [2.75, 3.05) is 75.7 Å². The number of aliphatic imine (C=N–C) groups is 2. The second-order valence-electron chi connectivity index (χ2n) is 16.8. The molecule has 6 aromatic carbocycles. The van der Waals surface area contributed by atoms with Gasteiger partial charge < -0.3 is 47.2 Å². The van der Waals surface area contributed by atoms with Gasteiger partial charge in [0, 0.05) is 43.9 Å². The summed E-state index contributed by atoms with van der Waals surface area (Å²) in [6.45, 7) is 2.04. The van der Waals surface area contributed by atoms with Crippen molar-refractivity contribution in [3.8, 4) is 51.7 Å². The van der Waals surface area contributed by atoms with Crippen molar-refractivity contribution < 1.29 is 93.9 Å². The van der Waals surface area contributed by atoms with E-state index in [1.807, 2.05) is 66.7 Å². The topological polar surface area (TPSA) is 203 Å². The fourth-order valence-electron chi connectivity index (χ4n) is 8.14. The predicted octanol–water partition coefficient (Wildman–Crippen LogP) is 5.12. The largest absolute Gasteiger partial charge is 1.00 e. The molecule has 0 aromatic heterocycles. The molecule has 2 heterocycles. The molecule has 0 atom stereocenters. The van der Waals surface area contributed by atoms with E-state index in [0.717, 1.165) is 95.4 Å². The van der Waals surface area contributed by atoms with E-state index in [-0.39, 0.29) is 59.1 Å². The van der Waals surface area contributed by atoms with Crippen LogP contribution in [0.4, 0.5) is 0 Å². The number of benzene rings is 6. The average Bonchev–Trinajstić information content (AvgIpc) is 3.41. The van der Waals surface area contributed by atoms with Crippen LogP contribution in [0.2, 0.25) is 0 Å². The van der Waals surface area contributed by atoms with Crippen LogP contribution >= 0.6 is 12.3 Å². The molecule has 0 spiro atoms. The van der Waals surface area contributed by atoms with Gasteiger partial charge in [-0.2, -0.15) is 8.42 Å². The Hall–Kier alpha value is -6.45. The zero-order valence-electron chi connectivity index (χ0n) is 44.3. The Morgan fingerprint density at radius 2 is 1.12 bits per heavy atom. The third-order valence-electron chi connectivity index (χ3n) is 11.7. The van der Waals surface area contributed by atoms with Crippen LogP contribution < -0.4 is 76.8 Å². The van der Waals surface area contributed by atoms with Gasteiger partial charge in [0.05, 0.1) is 62.4 Å². The van der Waals surface area contributed by atoms with E-state index in [0.29, 0.717) is 48.6 Å². The van der Waals surface area contributed by atoms with Gasteiger partial charge >= 0.3 is 39.7 Å². The number of carbonyl (C=O) groups excluding carboxylic acids is 1. The standard InChI is InChI=1S/C19H23NO6S.C19H21NO5S.C18H19NO3.Na/c1-24-16-6-4-5-14(11-16)9-10-20-19(21)13-15-7-8-17(25-2)18(12-15)26-27(3,22)23;1-21-15-5-6-16-14(12-15)8-9-20-17(16)10-13-4-7-18(22-2)19(11-13)24-26-25-23-3;1-21-14-4-5-15-13(11-14)7-8-19-16(15)9-12-3-6-18(22-2)17(20)10-12;/h4-8,11-12H,9-10,13H2,1-3H3,(H,20,21);4-7,11-12H,8-10H2,1-3H3;3-6,10-11,20H,7-9H2,1-2H3;/q;;;+1/p-1. The van der Waals surface area contributed by atoms with Crippen molar-refractivity contribution in [1.29, 1.82) is 0 Å². The predicted molar refractivity (Wildman–Crippen MR) is 287 cm³/mol. The Labute approximate surface area is 471 Å². The molecule has 0 radical (unpaired) electrons. The van der Waals surface area contributed by atoms with E-state index < -0.39 is 10.1 Å². The van der Waals surface area contributed by atoms with Crippen LogP contribution in [0.15, 0.2) is 125 Å².